The molecule has 0 aliphatic heterocycles. The highest BCUT2D eigenvalue weighted by molar-refractivity contribution is 6.30. The third kappa shape index (κ3) is 5.28. The maximum Gasteiger partial charge on any atom is 0.161 e. The number of rotatable bonds is 7. The molecule has 0 heterocycles. The predicted molar refractivity (Wildman–Crippen MR) is 91.0 cm³/mol. The van der Waals surface area contributed by atoms with Crippen molar-refractivity contribution in [1.82, 2.24) is 0 Å². The van der Waals surface area contributed by atoms with Crippen LogP contribution in [0, 0.1) is 0 Å². The second-order valence-electron chi connectivity index (χ2n) is 5.48. The zero-order valence-electron chi connectivity index (χ0n) is 14.0. The van der Waals surface area contributed by atoms with Crippen LogP contribution in [-0.4, -0.2) is 25.4 Å². The Morgan fingerprint density at radius 2 is 1.67 bits per heavy atom. The summed E-state index contributed by atoms with van der Waals surface area (Å²) in [5.74, 6) is 1.43. The van der Waals surface area contributed by atoms with Crippen molar-refractivity contribution in [2.24, 2.45) is 0 Å². The summed E-state index contributed by atoms with van der Waals surface area (Å²) < 4.78 is 10.5. The summed E-state index contributed by atoms with van der Waals surface area (Å²) in [5, 5.41) is 13.2. The minimum absolute atomic E-state index is 0. The van der Waals surface area contributed by atoms with Crippen molar-refractivity contribution in [3.63, 3.8) is 0 Å². The number of halogens is 2. The predicted octanol–water partition coefficient (Wildman–Crippen LogP) is -0.453. The highest BCUT2D eigenvalue weighted by atomic mass is 35.5. The van der Waals surface area contributed by atoms with Gasteiger partial charge in [-0.15, -0.1) is 0 Å². The van der Waals surface area contributed by atoms with Crippen molar-refractivity contribution >= 4 is 11.6 Å². The topological polar surface area (TPSA) is 55.3 Å². The normalized spacial score (nSPS) is 12.9. The van der Waals surface area contributed by atoms with Gasteiger partial charge in [-0.05, 0) is 42.8 Å². The van der Waals surface area contributed by atoms with Crippen LogP contribution in [0.1, 0.15) is 24.2 Å². The maximum atomic E-state index is 10.4. The number of benzene rings is 2. The van der Waals surface area contributed by atoms with Crippen molar-refractivity contribution in [3.8, 4) is 11.5 Å². The number of aliphatic hydroxyl groups is 1. The molecule has 2 aromatic carbocycles. The van der Waals surface area contributed by atoms with E-state index in [1.807, 2.05) is 37.3 Å². The summed E-state index contributed by atoms with van der Waals surface area (Å²) in [5.41, 5.74) is 1.98. The van der Waals surface area contributed by atoms with Gasteiger partial charge in [-0.2, -0.15) is 0 Å². The molecule has 2 atom stereocenters. The number of hydrogen-bond donors (Lipinski definition) is 2. The second-order valence-corrected chi connectivity index (χ2v) is 5.92. The minimum Gasteiger partial charge on any atom is -1.00 e. The first kappa shape index (κ1) is 20.6. The Hall–Kier alpha value is -1.46. The van der Waals surface area contributed by atoms with Crippen molar-refractivity contribution in [1.29, 1.82) is 0 Å². The lowest BCUT2D eigenvalue weighted by molar-refractivity contribution is -0.709. The van der Waals surface area contributed by atoms with Crippen LogP contribution in [0.5, 0.6) is 11.5 Å². The summed E-state index contributed by atoms with van der Waals surface area (Å²) >= 11 is 5.88. The summed E-state index contributed by atoms with van der Waals surface area (Å²) in [4.78, 5) is 0. The van der Waals surface area contributed by atoms with Crippen LogP contribution >= 0.6 is 11.6 Å². The third-order valence-corrected chi connectivity index (χ3v) is 4.13. The number of nitrogens with two attached hydrogens (primary N) is 1. The first-order chi connectivity index (χ1) is 11.0. The molecule has 0 fully saturated rings. The lowest BCUT2D eigenvalue weighted by Gasteiger charge is -2.18. The fraction of sp³-hybridized carbons (Fsp3) is 0.333. The molecule has 0 saturated carbocycles. The Kier molecular flexibility index (Phi) is 8.36. The standard InChI is InChI=1S/C18H22ClNO3.ClH/c1-12(18(21)14-5-7-15(19)8-6-14)20-11-13-4-9-16(22-2)17(10-13)23-3;/h4-10,12,18,20-21H,11H2,1-3H3;1H. The molecule has 0 aliphatic rings. The van der Waals surface area contributed by atoms with E-state index < -0.39 is 6.10 Å². The van der Waals surface area contributed by atoms with E-state index in [1.54, 1.807) is 26.4 Å². The highest BCUT2D eigenvalue weighted by Gasteiger charge is 2.19. The van der Waals surface area contributed by atoms with Gasteiger partial charge in [0.1, 0.15) is 18.7 Å². The quantitative estimate of drug-likeness (QED) is 0.692. The van der Waals surface area contributed by atoms with Gasteiger partial charge in [0.2, 0.25) is 0 Å². The Bertz CT molecular complexity index is 635. The van der Waals surface area contributed by atoms with Gasteiger partial charge < -0.3 is 32.3 Å². The molecule has 4 nitrogen and oxygen atoms in total. The molecule has 2 rings (SSSR count). The maximum absolute atomic E-state index is 10.4. The number of quaternary nitrogens is 1. The van der Waals surface area contributed by atoms with E-state index in [0.29, 0.717) is 16.5 Å². The largest absolute Gasteiger partial charge is 1.00 e. The molecule has 2 aromatic rings. The number of ether oxygens (including phenoxy) is 2. The smallest absolute Gasteiger partial charge is 0.161 e. The van der Waals surface area contributed by atoms with Gasteiger partial charge in [-0.1, -0.05) is 23.7 Å². The van der Waals surface area contributed by atoms with Gasteiger partial charge >= 0.3 is 0 Å². The molecule has 24 heavy (non-hydrogen) atoms. The van der Waals surface area contributed by atoms with Crippen LogP contribution in [0.25, 0.3) is 0 Å². The molecule has 0 saturated heterocycles. The molecule has 132 valence electrons. The molecule has 0 aromatic heterocycles. The van der Waals surface area contributed by atoms with Crippen LogP contribution in [0.3, 0.4) is 0 Å². The lowest BCUT2D eigenvalue weighted by Crippen LogP contribution is -3.00. The Labute approximate surface area is 154 Å². The summed E-state index contributed by atoms with van der Waals surface area (Å²) in [7, 11) is 3.24. The van der Waals surface area contributed by atoms with Crippen molar-refractivity contribution < 1.29 is 32.3 Å². The Balaban J connectivity index is 0.00000288. The van der Waals surface area contributed by atoms with E-state index in [0.717, 1.165) is 17.7 Å². The van der Waals surface area contributed by atoms with Crippen LogP contribution in [-0.2, 0) is 6.54 Å². The highest BCUT2D eigenvalue weighted by Crippen LogP contribution is 2.27. The van der Waals surface area contributed by atoms with Crippen molar-refractivity contribution in [2.45, 2.75) is 25.6 Å². The zero-order chi connectivity index (χ0) is 16.8. The summed E-state index contributed by atoms with van der Waals surface area (Å²) in [6.45, 7) is 2.74. The van der Waals surface area contributed by atoms with E-state index in [9.17, 15) is 5.11 Å². The van der Waals surface area contributed by atoms with Gasteiger partial charge in [-0.25, -0.2) is 0 Å². The molecular weight excluding hydrogens is 349 g/mol. The van der Waals surface area contributed by atoms with E-state index in [-0.39, 0.29) is 18.4 Å². The fourth-order valence-electron chi connectivity index (χ4n) is 2.42. The molecule has 0 spiro atoms. The summed E-state index contributed by atoms with van der Waals surface area (Å²) in [6, 6.07) is 13.2. The molecule has 0 amide bonds. The van der Waals surface area contributed by atoms with Crippen LogP contribution in [0.4, 0.5) is 0 Å². The molecule has 3 N–H and O–H groups in total. The molecule has 2 unspecified atom stereocenters. The molecule has 0 radical (unpaired) electrons. The lowest BCUT2D eigenvalue weighted by atomic mass is 10.0. The number of aliphatic hydroxyl groups excluding tert-OH is 1. The average Bonchev–Trinajstić information content (AvgIpc) is 2.59. The third-order valence-electron chi connectivity index (χ3n) is 3.88. The monoisotopic (exact) mass is 371 g/mol. The van der Waals surface area contributed by atoms with E-state index in [2.05, 4.69) is 5.32 Å². The van der Waals surface area contributed by atoms with Crippen molar-refractivity contribution in [3.05, 3.63) is 58.6 Å². The van der Waals surface area contributed by atoms with Crippen LogP contribution in [0.2, 0.25) is 5.02 Å². The van der Waals surface area contributed by atoms with Gasteiger partial charge in [0.05, 0.1) is 14.2 Å². The fourth-order valence-corrected chi connectivity index (χ4v) is 2.55. The van der Waals surface area contributed by atoms with E-state index in [1.165, 1.54) is 0 Å². The minimum atomic E-state index is -0.549. The van der Waals surface area contributed by atoms with Gasteiger partial charge in [0.15, 0.2) is 11.5 Å². The van der Waals surface area contributed by atoms with E-state index >= 15 is 0 Å². The summed E-state index contributed by atoms with van der Waals surface area (Å²) in [6.07, 6.45) is -0.549. The SMILES string of the molecule is COc1ccc(C[NH2+]C(C)C(O)c2ccc(Cl)cc2)cc1OC.[Cl-]. The van der Waals surface area contributed by atoms with Gasteiger partial charge in [-0.3, -0.25) is 0 Å². The van der Waals surface area contributed by atoms with Gasteiger partial charge in [0.25, 0.3) is 0 Å². The van der Waals surface area contributed by atoms with Crippen LogP contribution in [0.15, 0.2) is 42.5 Å². The number of methoxy groups -OCH3 is 2. The van der Waals surface area contributed by atoms with E-state index in [4.69, 9.17) is 21.1 Å². The molecule has 6 heteroatoms. The molecular formula is C18H23Cl2NO3. The number of hydrogen-bond acceptors (Lipinski definition) is 3. The zero-order valence-corrected chi connectivity index (χ0v) is 15.5. The Morgan fingerprint density at radius 3 is 2.25 bits per heavy atom. The average molecular weight is 372 g/mol. The first-order valence-electron chi connectivity index (χ1n) is 7.53. The molecule has 0 aliphatic carbocycles. The second kappa shape index (κ2) is 9.74. The Morgan fingerprint density at radius 1 is 1.04 bits per heavy atom. The van der Waals surface area contributed by atoms with Crippen molar-refractivity contribution in [2.75, 3.05) is 14.2 Å². The van der Waals surface area contributed by atoms with Gasteiger partial charge in [0, 0.05) is 10.6 Å². The first-order valence-corrected chi connectivity index (χ1v) is 7.90. The molecule has 0 bridgehead atoms. The van der Waals surface area contributed by atoms with Crippen LogP contribution < -0.4 is 27.2 Å².